The molecule has 0 fully saturated rings. The molecule has 118 valence electrons. The average molecular weight is 292 g/mol. The molecular weight excluding hydrogens is 264 g/mol. The molecule has 3 N–H and O–H groups in total. The van der Waals surface area contributed by atoms with Gasteiger partial charge in [-0.2, -0.15) is 0 Å². The third-order valence-electron chi connectivity index (χ3n) is 3.39. The first-order valence-electron chi connectivity index (χ1n) is 7.47. The van der Waals surface area contributed by atoms with Gasteiger partial charge in [0.25, 0.3) is 0 Å². The zero-order valence-electron chi connectivity index (χ0n) is 13.7. The van der Waals surface area contributed by atoms with Crippen LogP contribution in [-0.4, -0.2) is 30.1 Å². The molecule has 0 aliphatic carbocycles. The Morgan fingerprint density at radius 1 is 1.29 bits per heavy atom. The quantitative estimate of drug-likeness (QED) is 0.755. The van der Waals surface area contributed by atoms with Crippen molar-refractivity contribution in [1.82, 2.24) is 10.6 Å². The summed E-state index contributed by atoms with van der Waals surface area (Å²) in [5, 5.41) is 15.9. The van der Waals surface area contributed by atoms with Crippen LogP contribution in [-0.2, 0) is 11.2 Å². The number of benzene rings is 1. The van der Waals surface area contributed by atoms with Crippen LogP contribution in [0.15, 0.2) is 24.3 Å². The maximum absolute atomic E-state index is 12.3. The van der Waals surface area contributed by atoms with Gasteiger partial charge in [-0.05, 0) is 43.9 Å². The minimum atomic E-state index is -0.197. The van der Waals surface area contributed by atoms with E-state index in [0.717, 1.165) is 12.0 Å². The maximum atomic E-state index is 12.3. The normalized spacial score (nSPS) is 14.5. The Kier molecular flexibility index (Phi) is 6.21. The minimum Gasteiger partial charge on any atom is -0.508 e. The van der Waals surface area contributed by atoms with Crippen LogP contribution in [0.1, 0.15) is 39.7 Å². The zero-order chi connectivity index (χ0) is 16.0. The van der Waals surface area contributed by atoms with E-state index in [1.54, 1.807) is 12.1 Å². The predicted octanol–water partition coefficient (Wildman–Crippen LogP) is 2.46. The first-order valence-corrected chi connectivity index (χ1v) is 7.47. The molecule has 0 spiro atoms. The average Bonchev–Trinajstić information content (AvgIpc) is 2.37. The highest BCUT2D eigenvalue weighted by molar-refractivity contribution is 5.82. The lowest BCUT2D eigenvalue weighted by atomic mass is 9.87. The summed E-state index contributed by atoms with van der Waals surface area (Å²) >= 11 is 0. The van der Waals surface area contributed by atoms with Gasteiger partial charge in [0.2, 0.25) is 5.91 Å². The second-order valence-corrected chi connectivity index (χ2v) is 6.85. The maximum Gasteiger partial charge on any atom is 0.237 e. The van der Waals surface area contributed by atoms with Crippen LogP contribution in [0, 0.1) is 5.41 Å². The Bertz CT molecular complexity index is 466. The van der Waals surface area contributed by atoms with Crippen molar-refractivity contribution in [3.63, 3.8) is 0 Å². The Morgan fingerprint density at radius 2 is 1.90 bits per heavy atom. The summed E-state index contributed by atoms with van der Waals surface area (Å²) in [6.45, 7) is 8.32. The largest absolute Gasteiger partial charge is 0.508 e. The molecule has 0 heterocycles. The van der Waals surface area contributed by atoms with Crippen LogP contribution >= 0.6 is 0 Å². The molecule has 4 nitrogen and oxygen atoms in total. The van der Waals surface area contributed by atoms with E-state index in [4.69, 9.17) is 0 Å². The van der Waals surface area contributed by atoms with E-state index < -0.39 is 0 Å². The van der Waals surface area contributed by atoms with Gasteiger partial charge in [0.15, 0.2) is 0 Å². The van der Waals surface area contributed by atoms with Crippen molar-refractivity contribution in [2.45, 2.75) is 52.6 Å². The Balaban J connectivity index is 2.59. The number of rotatable bonds is 6. The number of carbonyl (C=O) groups excluding carboxylic acids is 1. The van der Waals surface area contributed by atoms with Crippen molar-refractivity contribution in [1.29, 1.82) is 0 Å². The molecule has 0 saturated heterocycles. The standard InChI is InChI=1S/C17H28N2O2/c1-12(10-13-8-6-7-9-15(13)20)19-16(21)14(18-5)11-17(2,3)4/h6-9,12,14,18,20H,10-11H2,1-5H3,(H,19,21). The fourth-order valence-electron chi connectivity index (χ4n) is 2.35. The van der Waals surface area contributed by atoms with Gasteiger partial charge in [-0.15, -0.1) is 0 Å². The summed E-state index contributed by atoms with van der Waals surface area (Å²) in [5.41, 5.74) is 0.938. The van der Waals surface area contributed by atoms with Gasteiger partial charge in [0.1, 0.15) is 5.75 Å². The fraction of sp³-hybridized carbons (Fsp3) is 0.588. The van der Waals surface area contributed by atoms with Crippen LogP contribution in [0.25, 0.3) is 0 Å². The second kappa shape index (κ2) is 7.46. The predicted molar refractivity (Wildman–Crippen MR) is 86.3 cm³/mol. The second-order valence-electron chi connectivity index (χ2n) is 6.85. The third kappa shape index (κ3) is 6.17. The summed E-state index contributed by atoms with van der Waals surface area (Å²) in [7, 11) is 1.81. The Labute approximate surface area is 128 Å². The molecule has 21 heavy (non-hydrogen) atoms. The van der Waals surface area contributed by atoms with Crippen molar-refractivity contribution < 1.29 is 9.90 Å². The smallest absolute Gasteiger partial charge is 0.237 e. The van der Waals surface area contributed by atoms with Crippen molar-refractivity contribution in [3.05, 3.63) is 29.8 Å². The van der Waals surface area contributed by atoms with Gasteiger partial charge in [0, 0.05) is 6.04 Å². The number of hydrogen-bond acceptors (Lipinski definition) is 3. The van der Waals surface area contributed by atoms with Crippen LogP contribution in [0.2, 0.25) is 0 Å². The van der Waals surface area contributed by atoms with E-state index in [-0.39, 0.29) is 29.2 Å². The summed E-state index contributed by atoms with van der Waals surface area (Å²) in [4.78, 5) is 12.3. The molecule has 0 aromatic heterocycles. The molecule has 0 radical (unpaired) electrons. The van der Waals surface area contributed by atoms with E-state index in [2.05, 4.69) is 31.4 Å². The number of nitrogens with one attached hydrogen (secondary N) is 2. The first kappa shape index (κ1) is 17.5. The van der Waals surface area contributed by atoms with E-state index in [1.165, 1.54) is 0 Å². The van der Waals surface area contributed by atoms with Crippen molar-refractivity contribution in [2.75, 3.05) is 7.05 Å². The lowest BCUT2D eigenvalue weighted by Crippen LogP contribution is -2.47. The number of likely N-dealkylation sites (N-methyl/N-ethyl adjacent to an activating group) is 1. The molecule has 0 aliphatic rings. The summed E-state index contributed by atoms with van der Waals surface area (Å²) in [5.74, 6) is 0.286. The molecule has 0 saturated carbocycles. The van der Waals surface area contributed by atoms with Crippen LogP contribution < -0.4 is 10.6 Å². The van der Waals surface area contributed by atoms with Crippen LogP contribution in [0.4, 0.5) is 0 Å². The number of aromatic hydroxyl groups is 1. The number of carbonyl (C=O) groups is 1. The van der Waals surface area contributed by atoms with Crippen LogP contribution in [0.5, 0.6) is 5.75 Å². The van der Waals surface area contributed by atoms with Gasteiger partial charge < -0.3 is 15.7 Å². The van der Waals surface area contributed by atoms with Crippen molar-refractivity contribution >= 4 is 5.91 Å². The van der Waals surface area contributed by atoms with Crippen molar-refractivity contribution in [3.8, 4) is 5.75 Å². The summed E-state index contributed by atoms with van der Waals surface area (Å²) in [6.07, 6.45) is 1.39. The Morgan fingerprint density at radius 3 is 2.43 bits per heavy atom. The molecule has 2 unspecified atom stereocenters. The summed E-state index contributed by atoms with van der Waals surface area (Å²) < 4.78 is 0. The van der Waals surface area contributed by atoms with Crippen LogP contribution in [0.3, 0.4) is 0 Å². The zero-order valence-corrected chi connectivity index (χ0v) is 13.7. The number of hydrogen-bond donors (Lipinski definition) is 3. The van der Waals surface area contributed by atoms with Gasteiger partial charge in [0.05, 0.1) is 6.04 Å². The molecule has 1 amide bonds. The molecule has 2 atom stereocenters. The van der Waals surface area contributed by atoms with Gasteiger partial charge in [-0.25, -0.2) is 0 Å². The van der Waals surface area contributed by atoms with Gasteiger partial charge in [-0.1, -0.05) is 39.0 Å². The Hall–Kier alpha value is -1.55. The lowest BCUT2D eigenvalue weighted by molar-refractivity contribution is -0.124. The SMILES string of the molecule is CNC(CC(C)(C)C)C(=O)NC(C)Cc1ccccc1O. The van der Waals surface area contributed by atoms with Gasteiger partial charge in [-0.3, -0.25) is 4.79 Å². The highest BCUT2D eigenvalue weighted by Gasteiger charge is 2.24. The number of phenols is 1. The third-order valence-corrected chi connectivity index (χ3v) is 3.39. The lowest BCUT2D eigenvalue weighted by Gasteiger charge is -2.26. The van der Waals surface area contributed by atoms with E-state index in [9.17, 15) is 9.90 Å². The van der Waals surface area contributed by atoms with Gasteiger partial charge >= 0.3 is 0 Å². The van der Waals surface area contributed by atoms with E-state index in [0.29, 0.717) is 6.42 Å². The highest BCUT2D eigenvalue weighted by atomic mass is 16.3. The minimum absolute atomic E-state index is 0.00958. The van der Waals surface area contributed by atoms with E-state index in [1.807, 2.05) is 26.1 Å². The first-order chi connectivity index (χ1) is 9.73. The molecular formula is C17H28N2O2. The molecule has 1 aromatic carbocycles. The molecule has 1 aromatic rings. The number of para-hydroxylation sites is 1. The fourth-order valence-corrected chi connectivity index (χ4v) is 2.35. The molecule has 1 rings (SSSR count). The molecule has 4 heteroatoms. The number of phenolic OH excluding ortho intramolecular Hbond substituents is 1. The summed E-state index contributed by atoms with van der Waals surface area (Å²) in [6, 6.07) is 7.00. The van der Waals surface area contributed by atoms with Crippen molar-refractivity contribution in [2.24, 2.45) is 5.41 Å². The molecule has 0 bridgehead atoms. The topological polar surface area (TPSA) is 61.4 Å². The highest BCUT2D eigenvalue weighted by Crippen LogP contribution is 2.21. The molecule has 0 aliphatic heterocycles. The number of amides is 1. The van der Waals surface area contributed by atoms with E-state index >= 15 is 0 Å². The monoisotopic (exact) mass is 292 g/mol.